The van der Waals surface area contributed by atoms with Gasteiger partial charge in [0.15, 0.2) is 17.6 Å². The SMILES string of the molecule is COc1ccccc1O[C@H](C)C(=O)Nc1noc(-c2ccc(C)cc2)n1. The first kappa shape index (κ1) is 17.5. The first-order chi connectivity index (χ1) is 12.6. The Kier molecular flexibility index (Phi) is 5.17. The molecule has 1 N–H and O–H groups in total. The molecule has 0 aliphatic carbocycles. The molecule has 1 amide bonds. The van der Waals surface area contributed by atoms with Crippen molar-refractivity contribution in [2.45, 2.75) is 20.0 Å². The summed E-state index contributed by atoms with van der Waals surface area (Å²) >= 11 is 0. The number of carbonyl (C=O) groups is 1. The zero-order valence-corrected chi connectivity index (χ0v) is 14.7. The molecule has 1 heterocycles. The lowest BCUT2D eigenvalue weighted by atomic mass is 10.1. The van der Waals surface area contributed by atoms with Crippen LogP contribution in [0.25, 0.3) is 11.5 Å². The van der Waals surface area contributed by atoms with Gasteiger partial charge in [-0.2, -0.15) is 4.98 Å². The van der Waals surface area contributed by atoms with Crippen molar-refractivity contribution < 1.29 is 18.8 Å². The van der Waals surface area contributed by atoms with E-state index >= 15 is 0 Å². The van der Waals surface area contributed by atoms with E-state index in [-0.39, 0.29) is 5.95 Å². The molecule has 0 spiro atoms. The number of methoxy groups -OCH3 is 1. The van der Waals surface area contributed by atoms with Crippen LogP contribution in [0.2, 0.25) is 0 Å². The minimum Gasteiger partial charge on any atom is -0.493 e. The fourth-order valence-electron chi connectivity index (χ4n) is 2.26. The molecular formula is C19H19N3O4. The van der Waals surface area contributed by atoms with Gasteiger partial charge in [-0.25, -0.2) is 0 Å². The highest BCUT2D eigenvalue weighted by Gasteiger charge is 2.19. The summed E-state index contributed by atoms with van der Waals surface area (Å²) in [5, 5.41) is 6.36. The first-order valence-corrected chi connectivity index (χ1v) is 8.08. The van der Waals surface area contributed by atoms with Crippen molar-refractivity contribution in [2.24, 2.45) is 0 Å². The number of nitrogens with zero attached hydrogens (tertiary/aromatic N) is 2. The highest BCUT2D eigenvalue weighted by molar-refractivity contribution is 5.92. The second-order valence-corrected chi connectivity index (χ2v) is 5.69. The number of rotatable bonds is 6. The second-order valence-electron chi connectivity index (χ2n) is 5.69. The van der Waals surface area contributed by atoms with E-state index in [1.807, 2.05) is 37.3 Å². The van der Waals surface area contributed by atoms with E-state index in [0.29, 0.717) is 17.4 Å². The van der Waals surface area contributed by atoms with E-state index in [0.717, 1.165) is 11.1 Å². The van der Waals surface area contributed by atoms with Gasteiger partial charge in [-0.05, 0) is 43.3 Å². The molecule has 0 radical (unpaired) electrons. The van der Waals surface area contributed by atoms with Crippen LogP contribution in [0.3, 0.4) is 0 Å². The summed E-state index contributed by atoms with van der Waals surface area (Å²) < 4.78 is 16.0. The van der Waals surface area contributed by atoms with Gasteiger partial charge >= 0.3 is 0 Å². The lowest BCUT2D eigenvalue weighted by molar-refractivity contribution is -0.122. The van der Waals surface area contributed by atoms with Crippen molar-refractivity contribution in [2.75, 3.05) is 12.4 Å². The van der Waals surface area contributed by atoms with Crippen LogP contribution in [0.1, 0.15) is 12.5 Å². The molecule has 134 valence electrons. The van der Waals surface area contributed by atoms with E-state index in [9.17, 15) is 4.79 Å². The average Bonchev–Trinajstić information content (AvgIpc) is 3.11. The van der Waals surface area contributed by atoms with Crippen molar-refractivity contribution in [3.63, 3.8) is 0 Å². The molecule has 0 saturated carbocycles. The van der Waals surface area contributed by atoms with Crippen molar-refractivity contribution in [1.29, 1.82) is 0 Å². The molecule has 0 unspecified atom stereocenters. The highest BCUT2D eigenvalue weighted by atomic mass is 16.5. The molecule has 0 bridgehead atoms. The second kappa shape index (κ2) is 7.69. The topological polar surface area (TPSA) is 86.5 Å². The van der Waals surface area contributed by atoms with E-state index < -0.39 is 12.0 Å². The van der Waals surface area contributed by atoms with Crippen LogP contribution in [-0.2, 0) is 4.79 Å². The average molecular weight is 353 g/mol. The van der Waals surface area contributed by atoms with Gasteiger partial charge in [0.05, 0.1) is 7.11 Å². The molecule has 1 atom stereocenters. The number of amides is 1. The molecule has 3 aromatic rings. The maximum absolute atomic E-state index is 12.3. The van der Waals surface area contributed by atoms with Crippen LogP contribution in [0.4, 0.5) is 5.95 Å². The minimum absolute atomic E-state index is 0.0843. The van der Waals surface area contributed by atoms with E-state index in [1.54, 1.807) is 32.2 Å². The predicted molar refractivity (Wildman–Crippen MR) is 96.2 cm³/mol. The number of ether oxygens (including phenoxy) is 2. The summed E-state index contributed by atoms with van der Waals surface area (Å²) in [6.45, 7) is 3.62. The molecule has 2 aromatic carbocycles. The number of aromatic nitrogens is 2. The Balaban J connectivity index is 1.65. The first-order valence-electron chi connectivity index (χ1n) is 8.08. The molecular weight excluding hydrogens is 334 g/mol. The molecule has 0 fully saturated rings. The molecule has 7 nitrogen and oxygen atoms in total. The summed E-state index contributed by atoms with van der Waals surface area (Å²) in [4.78, 5) is 16.5. The number of aryl methyl sites for hydroxylation is 1. The zero-order chi connectivity index (χ0) is 18.5. The van der Waals surface area contributed by atoms with Gasteiger partial charge in [0.25, 0.3) is 17.7 Å². The molecule has 26 heavy (non-hydrogen) atoms. The fraction of sp³-hybridized carbons (Fsp3) is 0.211. The fourth-order valence-corrected chi connectivity index (χ4v) is 2.26. The molecule has 0 aliphatic rings. The molecule has 0 saturated heterocycles. The number of para-hydroxylation sites is 2. The van der Waals surface area contributed by atoms with Gasteiger partial charge in [0.2, 0.25) is 0 Å². The normalized spacial score (nSPS) is 11.7. The summed E-state index contributed by atoms with van der Waals surface area (Å²) in [7, 11) is 1.54. The van der Waals surface area contributed by atoms with Gasteiger partial charge in [-0.15, -0.1) is 0 Å². The lowest BCUT2D eigenvalue weighted by Crippen LogP contribution is -2.30. The van der Waals surface area contributed by atoms with Crippen molar-refractivity contribution >= 4 is 11.9 Å². The van der Waals surface area contributed by atoms with Crippen LogP contribution in [0.15, 0.2) is 53.1 Å². The van der Waals surface area contributed by atoms with Crippen molar-refractivity contribution in [3.8, 4) is 23.0 Å². The monoisotopic (exact) mass is 353 g/mol. The Morgan fingerprint density at radius 3 is 2.50 bits per heavy atom. The third-order valence-electron chi connectivity index (χ3n) is 3.70. The Morgan fingerprint density at radius 2 is 1.81 bits per heavy atom. The number of hydrogen-bond donors (Lipinski definition) is 1. The van der Waals surface area contributed by atoms with Gasteiger partial charge in [0, 0.05) is 5.56 Å². The van der Waals surface area contributed by atoms with Gasteiger partial charge in [-0.1, -0.05) is 29.8 Å². The number of hydrogen-bond acceptors (Lipinski definition) is 6. The Bertz CT molecular complexity index is 890. The van der Waals surface area contributed by atoms with Crippen LogP contribution in [-0.4, -0.2) is 29.3 Å². The smallest absolute Gasteiger partial charge is 0.270 e. The molecule has 7 heteroatoms. The van der Waals surface area contributed by atoms with Gasteiger partial charge in [-0.3, -0.25) is 10.1 Å². The zero-order valence-electron chi connectivity index (χ0n) is 14.7. The maximum Gasteiger partial charge on any atom is 0.270 e. The summed E-state index contributed by atoms with van der Waals surface area (Å²) in [5.41, 5.74) is 1.91. The van der Waals surface area contributed by atoms with Crippen LogP contribution >= 0.6 is 0 Å². The predicted octanol–water partition coefficient (Wildman–Crippen LogP) is 3.46. The van der Waals surface area contributed by atoms with Crippen LogP contribution in [0, 0.1) is 6.92 Å². The van der Waals surface area contributed by atoms with E-state index in [2.05, 4.69) is 15.5 Å². The van der Waals surface area contributed by atoms with Crippen LogP contribution < -0.4 is 14.8 Å². The minimum atomic E-state index is -0.771. The quantitative estimate of drug-likeness (QED) is 0.730. The Hall–Kier alpha value is -3.35. The standard InChI is InChI=1S/C19H19N3O4/c1-12-8-10-14(11-9-12)18-21-19(22-26-18)20-17(23)13(2)25-16-7-5-4-6-15(16)24-3/h4-11,13H,1-3H3,(H,20,22,23)/t13-/m1/s1. The highest BCUT2D eigenvalue weighted by Crippen LogP contribution is 2.27. The Labute approximate surface area is 150 Å². The molecule has 3 rings (SSSR count). The third kappa shape index (κ3) is 4.00. The third-order valence-corrected chi connectivity index (χ3v) is 3.70. The van der Waals surface area contributed by atoms with Gasteiger partial charge in [0.1, 0.15) is 0 Å². The number of nitrogens with one attached hydrogen (secondary N) is 1. The summed E-state index contributed by atoms with van der Waals surface area (Å²) in [5.74, 6) is 1.05. The largest absolute Gasteiger partial charge is 0.493 e. The van der Waals surface area contributed by atoms with Crippen molar-refractivity contribution in [3.05, 3.63) is 54.1 Å². The summed E-state index contributed by atoms with van der Waals surface area (Å²) in [6, 6.07) is 14.8. The van der Waals surface area contributed by atoms with Crippen molar-refractivity contribution in [1.82, 2.24) is 10.1 Å². The van der Waals surface area contributed by atoms with Gasteiger partial charge < -0.3 is 14.0 Å². The Morgan fingerprint density at radius 1 is 1.12 bits per heavy atom. The van der Waals surface area contributed by atoms with Crippen LogP contribution in [0.5, 0.6) is 11.5 Å². The summed E-state index contributed by atoms with van der Waals surface area (Å²) in [6.07, 6.45) is -0.771. The maximum atomic E-state index is 12.3. The molecule has 1 aromatic heterocycles. The van der Waals surface area contributed by atoms with E-state index in [4.69, 9.17) is 14.0 Å². The lowest BCUT2D eigenvalue weighted by Gasteiger charge is -2.15. The number of anilines is 1. The number of carbonyl (C=O) groups excluding carboxylic acids is 1. The van der Waals surface area contributed by atoms with E-state index in [1.165, 1.54) is 0 Å². The number of benzene rings is 2. The molecule has 0 aliphatic heterocycles.